The molecule has 2 aromatic heterocycles. The average molecular weight is 448 g/mol. The van der Waals surface area contributed by atoms with Crippen molar-refractivity contribution >= 4 is 28.6 Å². The van der Waals surface area contributed by atoms with Crippen molar-refractivity contribution in [1.29, 1.82) is 0 Å². The second-order valence-electron chi connectivity index (χ2n) is 7.58. The van der Waals surface area contributed by atoms with E-state index in [9.17, 15) is 14.4 Å². The molecule has 10 heteroatoms. The van der Waals surface area contributed by atoms with Crippen molar-refractivity contribution in [1.82, 2.24) is 24.4 Å². The Morgan fingerprint density at radius 2 is 1.88 bits per heavy atom. The largest absolute Gasteiger partial charge is 0.449 e. The molecule has 10 nitrogen and oxygen atoms in total. The lowest BCUT2D eigenvalue weighted by atomic mass is 10.2. The number of hydrogen-bond acceptors (Lipinski definition) is 6. The number of aryl methyl sites for hydroxylation is 1. The smallest absolute Gasteiger partial charge is 0.338 e. The Morgan fingerprint density at radius 3 is 2.58 bits per heavy atom. The monoisotopic (exact) mass is 448 g/mol. The number of fused-ring (bicyclic) bond motifs is 1. The zero-order chi connectivity index (χ0) is 23.7. The molecule has 0 saturated heterocycles. The van der Waals surface area contributed by atoms with Crippen LogP contribution in [0.25, 0.3) is 16.7 Å². The van der Waals surface area contributed by atoms with Crippen LogP contribution in [0.15, 0.2) is 53.3 Å². The van der Waals surface area contributed by atoms with Gasteiger partial charge in [0, 0.05) is 13.6 Å². The lowest BCUT2D eigenvalue weighted by Gasteiger charge is -2.13. The topological polar surface area (TPSA) is 113 Å². The van der Waals surface area contributed by atoms with Crippen molar-refractivity contribution in [2.24, 2.45) is 7.05 Å². The van der Waals surface area contributed by atoms with Crippen molar-refractivity contribution in [3.8, 4) is 5.69 Å². The average Bonchev–Trinajstić information content (AvgIpc) is 3.33. The summed E-state index contributed by atoms with van der Waals surface area (Å²) < 4.78 is 10.2. The molecule has 0 spiro atoms. The summed E-state index contributed by atoms with van der Waals surface area (Å²) in [6.07, 6.45) is -1.12. The fourth-order valence-electron chi connectivity index (χ4n) is 3.55. The summed E-state index contributed by atoms with van der Waals surface area (Å²) in [4.78, 5) is 38.3. The Bertz CT molecular complexity index is 1400. The lowest BCUT2D eigenvalue weighted by molar-refractivity contribution is -0.123. The molecular weight excluding hydrogens is 424 g/mol. The van der Waals surface area contributed by atoms with Gasteiger partial charge in [-0.3, -0.25) is 14.3 Å². The second kappa shape index (κ2) is 8.73. The van der Waals surface area contributed by atoms with E-state index < -0.39 is 18.0 Å². The number of nitrogens with one attached hydrogen (secondary N) is 1. The molecule has 0 radical (unpaired) electrons. The highest BCUT2D eigenvalue weighted by Crippen LogP contribution is 2.17. The minimum absolute atomic E-state index is 0.131. The summed E-state index contributed by atoms with van der Waals surface area (Å²) in [5.41, 5.74) is 2.61. The molecule has 1 N–H and O–H groups in total. The molecular formula is C23H24N6O4. The van der Waals surface area contributed by atoms with E-state index in [-0.39, 0.29) is 16.8 Å². The van der Waals surface area contributed by atoms with Gasteiger partial charge in [-0.2, -0.15) is 0 Å². The van der Waals surface area contributed by atoms with E-state index in [2.05, 4.69) is 15.6 Å². The summed E-state index contributed by atoms with van der Waals surface area (Å²) in [5, 5.41) is 10.7. The maximum absolute atomic E-state index is 13.0. The molecule has 0 aliphatic carbocycles. The molecule has 33 heavy (non-hydrogen) atoms. The van der Waals surface area contributed by atoms with Gasteiger partial charge in [0.05, 0.1) is 22.5 Å². The van der Waals surface area contributed by atoms with Crippen molar-refractivity contribution in [3.05, 3.63) is 70.1 Å². The van der Waals surface area contributed by atoms with Crippen LogP contribution in [0, 0.1) is 6.92 Å². The Morgan fingerprint density at radius 1 is 1.15 bits per heavy atom. The van der Waals surface area contributed by atoms with Crippen LogP contribution in [-0.2, 0) is 23.1 Å². The van der Waals surface area contributed by atoms with E-state index in [1.165, 1.54) is 11.6 Å². The number of nitrogens with zero attached hydrogens (tertiary/aromatic N) is 5. The van der Waals surface area contributed by atoms with Gasteiger partial charge in [-0.15, -0.1) is 5.10 Å². The highest BCUT2D eigenvalue weighted by molar-refractivity contribution is 5.98. The molecule has 0 aliphatic rings. The molecule has 0 unspecified atom stereocenters. The van der Waals surface area contributed by atoms with Crippen molar-refractivity contribution in [2.45, 2.75) is 33.4 Å². The number of para-hydroxylation sites is 1. The van der Waals surface area contributed by atoms with Crippen LogP contribution in [0.4, 0.5) is 5.69 Å². The molecule has 4 aromatic rings. The van der Waals surface area contributed by atoms with Crippen LogP contribution >= 0.6 is 0 Å². The van der Waals surface area contributed by atoms with Crippen LogP contribution in [0.3, 0.4) is 0 Å². The van der Waals surface area contributed by atoms with Crippen molar-refractivity contribution in [3.63, 3.8) is 0 Å². The highest BCUT2D eigenvalue weighted by atomic mass is 16.5. The second-order valence-corrected chi connectivity index (χ2v) is 7.58. The van der Waals surface area contributed by atoms with Gasteiger partial charge in [-0.25, -0.2) is 14.2 Å². The zero-order valence-corrected chi connectivity index (χ0v) is 18.8. The van der Waals surface area contributed by atoms with Gasteiger partial charge in [0.25, 0.3) is 11.5 Å². The summed E-state index contributed by atoms with van der Waals surface area (Å²) >= 11 is 0. The van der Waals surface area contributed by atoms with Gasteiger partial charge in [0.2, 0.25) is 0 Å². The summed E-state index contributed by atoms with van der Waals surface area (Å²) in [6.45, 7) is 5.78. The summed E-state index contributed by atoms with van der Waals surface area (Å²) in [7, 11) is 1.73. The predicted molar refractivity (Wildman–Crippen MR) is 122 cm³/mol. The van der Waals surface area contributed by atoms with E-state index in [1.54, 1.807) is 53.7 Å². The third kappa shape index (κ3) is 4.02. The molecule has 0 bridgehead atoms. The Labute approximate surface area is 189 Å². The first-order chi connectivity index (χ1) is 15.8. The van der Waals surface area contributed by atoms with Gasteiger partial charge in [0.15, 0.2) is 6.10 Å². The first-order valence-corrected chi connectivity index (χ1v) is 10.5. The van der Waals surface area contributed by atoms with Crippen LogP contribution < -0.4 is 10.9 Å². The first kappa shape index (κ1) is 22.0. The molecule has 170 valence electrons. The quantitative estimate of drug-likeness (QED) is 0.453. The van der Waals surface area contributed by atoms with Gasteiger partial charge in [-0.05, 0) is 51.1 Å². The van der Waals surface area contributed by atoms with E-state index in [4.69, 9.17) is 4.74 Å². The molecule has 0 fully saturated rings. The summed E-state index contributed by atoms with van der Waals surface area (Å²) in [6, 6.07) is 14.0. The minimum atomic E-state index is -1.12. The summed E-state index contributed by atoms with van der Waals surface area (Å²) in [5.74, 6) is -1.27. The number of anilines is 1. The third-order valence-electron chi connectivity index (χ3n) is 5.50. The lowest BCUT2D eigenvalue weighted by Crippen LogP contribution is -2.32. The zero-order valence-electron chi connectivity index (χ0n) is 18.8. The van der Waals surface area contributed by atoms with Crippen molar-refractivity contribution in [2.75, 3.05) is 5.32 Å². The van der Waals surface area contributed by atoms with Crippen LogP contribution in [-0.4, -0.2) is 42.3 Å². The van der Waals surface area contributed by atoms with Crippen LogP contribution in [0.1, 0.15) is 29.9 Å². The van der Waals surface area contributed by atoms with Gasteiger partial charge >= 0.3 is 5.97 Å². The fourth-order valence-corrected chi connectivity index (χ4v) is 3.55. The van der Waals surface area contributed by atoms with Crippen LogP contribution in [0.2, 0.25) is 0 Å². The van der Waals surface area contributed by atoms with E-state index >= 15 is 0 Å². The number of amides is 1. The molecule has 0 saturated carbocycles. The maximum Gasteiger partial charge on any atom is 0.338 e. The van der Waals surface area contributed by atoms with Gasteiger partial charge in [0.1, 0.15) is 11.2 Å². The minimum Gasteiger partial charge on any atom is -0.449 e. The number of benzene rings is 2. The third-order valence-corrected chi connectivity index (χ3v) is 5.50. The Hall–Kier alpha value is -4.21. The van der Waals surface area contributed by atoms with Crippen molar-refractivity contribution < 1.29 is 14.3 Å². The molecule has 0 aliphatic heterocycles. The normalized spacial score (nSPS) is 12.0. The molecule has 2 aromatic carbocycles. The standard InChI is InChI=1S/C23H24N6O4/c1-5-28-19-12-11-16(13-18(19)25-26-28)23(32)33-15(3)21(30)24-20-14(2)27(4)29(22(20)31)17-9-7-6-8-10-17/h6-13,15H,5H2,1-4H3,(H,24,30)/t15-/m1/s1. The molecule has 2 heterocycles. The number of ether oxygens (including phenoxy) is 1. The van der Waals surface area contributed by atoms with Crippen LogP contribution in [0.5, 0.6) is 0 Å². The molecule has 1 atom stereocenters. The number of aromatic nitrogens is 5. The van der Waals surface area contributed by atoms with Gasteiger partial charge < -0.3 is 10.1 Å². The number of esters is 1. The number of hydrogen-bond donors (Lipinski definition) is 1. The predicted octanol–water partition coefficient (Wildman–Crippen LogP) is 2.43. The van der Waals surface area contributed by atoms with E-state index in [1.807, 2.05) is 25.1 Å². The number of rotatable bonds is 6. The number of carbonyl (C=O) groups is 2. The SMILES string of the molecule is CCn1nnc2cc(C(=O)O[C@H](C)C(=O)Nc3c(C)n(C)n(-c4ccccc4)c3=O)ccc21. The first-order valence-electron chi connectivity index (χ1n) is 10.5. The fraction of sp³-hybridized carbons (Fsp3) is 0.261. The Kier molecular flexibility index (Phi) is 5.82. The molecule has 1 amide bonds. The van der Waals surface area contributed by atoms with E-state index in [0.717, 1.165) is 5.52 Å². The maximum atomic E-state index is 13.0. The Balaban J connectivity index is 1.50. The van der Waals surface area contributed by atoms with E-state index in [0.29, 0.717) is 23.4 Å². The molecule has 4 rings (SSSR count). The number of carbonyl (C=O) groups excluding carboxylic acids is 2. The van der Waals surface area contributed by atoms with Gasteiger partial charge in [-0.1, -0.05) is 23.4 Å². The highest BCUT2D eigenvalue weighted by Gasteiger charge is 2.24.